The number of allylic oxidation sites excluding steroid dienone is 24. The number of ether oxygens (including phenoxy) is 3. The molecule has 0 aliphatic heterocycles. The molecule has 0 amide bonds. The standard InChI is InChI=1S/C63H98O6/c1-4-7-10-13-16-19-22-25-28-30-32-35-38-41-44-47-50-53-56-62(65)68-59-60(58-67-61(64)55-52-49-46-43-40-37-34-27-24-21-18-15-12-9-6-3)69-63(66)57-54-51-48-45-42-39-36-33-31-29-26-23-20-17-14-11-8-5-2/h9,12,15-16,18-19,21-37,40,60H,4-8,10-11,13-14,17,20,38-39,41-59H2,1-3H3/b12-9-,18-15-,19-16-,24-21-,25-22-,26-23-,30-28-,31-29-,34-27-,35-32-,36-33-,40-37-. The highest BCUT2D eigenvalue weighted by Crippen LogP contribution is 2.13. The van der Waals surface area contributed by atoms with Crippen LogP contribution in [-0.2, 0) is 28.6 Å². The van der Waals surface area contributed by atoms with Crippen molar-refractivity contribution in [1.29, 1.82) is 0 Å². The van der Waals surface area contributed by atoms with Gasteiger partial charge in [0.2, 0.25) is 0 Å². The molecule has 0 aromatic heterocycles. The Hall–Kier alpha value is -4.71. The summed E-state index contributed by atoms with van der Waals surface area (Å²) in [5.74, 6) is -1.01. The Morgan fingerprint density at radius 2 is 0.565 bits per heavy atom. The van der Waals surface area contributed by atoms with Gasteiger partial charge in [-0.05, 0) is 89.9 Å². The van der Waals surface area contributed by atoms with Crippen molar-refractivity contribution in [3.05, 3.63) is 146 Å². The average Bonchev–Trinajstić information content (AvgIpc) is 3.35. The van der Waals surface area contributed by atoms with Gasteiger partial charge in [-0.25, -0.2) is 0 Å². The van der Waals surface area contributed by atoms with Crippen LogP contribution in [0.5, 0.6) is 0 Å². The van der Waals surface area contributed by atoms with Crippen molar-refractivity contribution in [2.45, 2.75) is 219 Å². The molecule has 1 unspecified atom stereocenters. The minimum Gasteiger partial charge on any atom is -0.462 e. The number of esters is 3. The predicted octanol–water partition coefficient (Wildman–Crippen LogP) is 18.4. The van der Waals surface area contributed by atoms with E-state index in [1.807, 2.05) is 48.6 Å². The van der Waals surface area contributed by atoms with Gasteiger partial charge in [-0.2, -0.15) is 0 Å². The van der Waals surface area contributed by atoms with E-state index in [2.05, 4.69) is 118 Å². The predicted molar refractivity (Wildman–Crippen MR) is 297 cm³/mol. The van der Waals surface area contributed by atoms with Crippen molar-refractivity contribution >= 4 is 17.9 Å². The first-order chi connectivity index (χ1) is 34.0. The zero-order chi connectivity index (χ0) is 50.0. The Bertz CT molecular complexity index is 1560. The molecule has 0 aliphatic rings. The Morgan fingerprint density at radius 3 is 0.928 bits per heavy atom. The first-order valence-corrected chi connectivity index (χ1v) is 27.5. The van der Waals surface area contributed by atoms with Crippen molar-refractivity contribution in [3.8, 4) is 0 Å². The Kier molecular flexibility index (Phi) is 52.1. The number of rotatable bonds is 47. The molecule has 0 bridgehead atoms. The minimum absolute atomic E-state index is 0.119. The molecular weight excluding hydrogens is 853 g/mol. The smallest absolute Gasteiger partial charge is 0.306 e. The van der Waals surface area contributed by atoms with Gasteiger partial charge < -0.3 is 14.2 Å². The average molecular weight is 951 g/mol. The SMILES string of the molecule is CC\C=C/C=C\C=C/C=C\C=C/CCCCCC(=O)OCC(COC(=O)CCCCCCC\C=C/C=C\C=C/C=C\CCCCC)OC(=O)CCCCCCC\C=C/C=C\C=C/CCCCCCC. The molecule has 0 rings (SSSR count). The highest BCUT2D eigenvalue weighted by molar-refractivity contribution is 5.71. The van der Waals surface area contributed by atoms with E-state index in [0.29, 0.717) is 12.8 Å². The van der Waals surface area contributed by atoms with Gasteiger partial charge >= 0.3 is 17.9 Å². The maximum Gasteiger partial charge on any atom is 0.306 e. The molecule has 6 heteroatoms. The maximum atomic E-state index is 12.8. The summed E-state index contributed by atoms with van der Waals surface area (Å²) in [6, 6.07) is 0. The Balaban J connectivity index is 4.59. The van der Waals surface area contributed by atoms with Crippen LogP contribution in [0.1, 0.15) is 213 Å². The van der Waals surface area contributed by atoms with Crippen LogP contribution in [0.15, 0.2) is 146 Å². The summed E-state index contributed by atoms with van der Waals surface area (Å²) in [5.41, 5.74) is 0. The number of carbonyl (C=O) groups excluding carboxylic acids is 3. The van der Waals surface area contributed by atoms with Crippen molar-refractivity contribution in [2.24, 2.45) is 0 Å². The lowest BCUT2D eigenvalue weighted by Gasteiger charge is -2.18. The lowest BCUT2D eigenvalue weighted by molar-refractivity contribution is -0.167. The van der Waals surface area contributed by atoms with E-state index in [9.17, 15) is 14.4 Å². The molecule has 0 saturated heterocycles. The fourth-order valence-corrected chi connectivity index (χ4v) is 6.95. The summed E-state index contributed by atoms with van der Waals surface area (Å²) in [6.07, 6.45) is 79.6. The largest absolute Gasteiger partial charge is 0.462 e. The molecule has 0 aliphatic carbocycles. The number of hydrogen-bond acceptors (Lipinski definition) is 6. The van der Waals surface area contributed by atoms with Gasteiger partial charge in [0.05, 0.1) is 0 Å². The van der Waals surface area contributed by atoms with Gasteiger partial charge in [0.25, 0.3) is 0 Å². The van der Waals surface area contributed by atoms with E-state index in [4.69, 9.17) is 14.2 Å². The van der Waals surface area contributed by atoms with Crippen LogP contribution in [0.4, 0.5) is 0 Å². The molecule has 0 aromatic carbocycles. The van der Waals surface area contributed by atoms with E-state index in [1.165, 1.54) is 51.4 Å². The van der Waals surface area contributed by atoms with Gasteiger partial charge in [0, 0.05) is 19.3 Å². The van der Waals surface area contributed by atoms with Crippen LogP contribution in [0.3, 0.4) is 0 Å². The van der Waals surface area contributed by atoms with Crippen LogP contribution in [0.2, 0.25) is 0 Å². The number of hydrogen-bond donors (Lipinski definition) is 0. The fourth-order valence-electron chi connectivity index (χ4n) is 6.95. The number of carbonyl (C=O) groups is 3. The van der Waals surface area contributed by atoms with Crippen LogP contribution in [-0.4, -0.2) is 37.2 Å². The molecule has 69 heavy (non-hydrogen) atoms. The van der Waals surface area contributed by atoms with Crippen molar-refractivity contribution in [1.82, 2.24) is 0 Å². The lowest BCUT2D eigenvalue weighted by Crippen LogP contribution is -2.30. The van der Waals surface area contributed by atoms with Gasteiger partial charge in [0.1, 0.15) is 13.2 Å². The Morgan fingerprint density at radius 1 is 0.304 bits per heavy atom. The molecular formula is C63H98O6. The van der Waals surface area contributed by atoms with Crippen molar-refractivity contribution < 1.29 is 28.6 Å². The number of unbranched alkanes of at least 4 members (excludes halogenated alkanes) is 21. The monoisotopic (exact) mass is 951 g/mol. The van der Waals surface area contributed by atoms with Crippen LogP contribution in [0, 0.1) is 0 Å². The summed E-state index contributed by atoms with van der Waals surface area (Å²) in [7, 11) is 0. The van der Waals surface area contributed by atoms with Gasteiger partial charge in [-0.1, -0.05) is 250 Å². The van der Waals surface area contributed by atoms with E-state index >= 15 is 0 Å². The zero-order valence-corrected chi connectivity index (χ0v) is 44.0. The molecule has 0 N–H and O–H groups in total. The van der Waals surface area contributed by atoms with E-state index < -0.39 is 6.10 Å². The molecule has 0 heterocycles. The highest BCUT2D eigenvalue weighted by Gasteiger charge is 2.19. The second-order valence-corrected chi connectivity index (χ2v) is 17.7. The normalized spacial score (nSPS) is 13.3. The van der Waals surface area contributed by atoms with Crippen LogP contribution in [0.25, 0.3) is 0 Å². The van der Waals surface area contributed by atoms with Crippen LogP contribution >= 0.6 is 0 Å². The Labute approximate surface area is 423 Å². The molecule has 1 atom stereocenters. The third-order valence-corrected chi connectivity index (χ3v) is 11.1. The summed E-state index contributed by atoms with van der Waals surface area (Å²) >= 11 is 0. The topological polar surface area (TPSA) is 78.9 Å². The fraction of sp³-hybridized carbons (Fsp3) is 0.571. The molecule has 0 spiro atoms. The lowest BCUT2D eigenvalue weighted by atomic mass is 10.1. The highest BCUT2D eigenvalue weighted by atomic mass is 16.6. The third-order valence-electron chi connectivity index (χ3n) is 11.1. The van der Waals surface area contributed by atoms with Gasteiger partial charge in [-0.15, -0.1) is 0 Å². The third kappa shape index (κ3) is 54.1. The minimum atomic E-state index is -0.824. The van der Waals surface area contributed by atoms with Crippen molar-refractivity contribution in [2.75, 3.05) is 13.2 Å². The molecule has 0 saturated carbocycles. The van der Waals surface area contributed by atoms with E-state index in [-0.39, 0.29) is 37.5 Å². The van der Waals surface area contributed by atoms with Crippen LogP contribution < -0.4 is 0 Å². The van der Waals surface area contributed by atoms with Gasteiger partial charge in [-0.3, -0.25) is 14.4 Å². The summed E-state index contributed by atoms with van der Waals surface area (Å²) in [4.78, 5) is 38.1. The van der Waals surface area contributed by atoms with Gasteiger partial charge in [0.15, 0.2) is 6.10 Å². The molecule has 0 radical (unpaired) electrons. The maximum absolute atomic E-state index is 12.8. The molecule has 0 fully saturated rings. The first kappa shape index (κ1) is 64.3. The summed E-state index contributed by atoms with van der Waals surface area (Å²) in [6.45, 7) is 6.35. The molecule has 0 aromatic rings. The quantitative estimate of drug-likeness (QED) is 0.0262. The van der Waals surface area contributed by atoms with E-state index in [1.54, 1.807) is 0 Å². The van der Waals surface area contributed by atoms with Crippen molar-refractivity contribution in [3.63, 3.8) is 0 Å². The first-order valence-electron chi connectivity index (χ1n) is 27.5. The second-order valence-electron chi connectivity index (χ2n) is 17.7. The zero-order valence-electron chi connectivity index (χ0n) is 44.0. The van der Waals surface area contributed by atoms with E-state index in [0.717, 1.165) is 122 Å². The molecule has 6 nitrogen and oxygen atoms in total. The summed E-state index contributed by atoms with van der Waals surface area (Å²) in [5, 5.41) is 0. The molecule has 386 valence electrons. The second kappa shape index (κ2) is 55.9. The summed E-state index contributed by atoms with van der Waals surface area (Å²) < 4.78 is 16.8.